The van der Waals surface area contributed by atoms with Gasteiger partial charge in [0, 0.05) is 17.6 Å². The van der Waals surface area contributed by atoms with Crippen molar-refractivity contribution in [1.29, 1.82) is 0 Å². The first-order valence-electron chi connectivity index (χ1n) is 9.14. The number of carbonyl (C=O) groups is 3. The molecule has 4 rings (SSSR count). The number of anilines is 1. The number of nitrogens with zero attached hydrogens (tertiary/aromatic N) is 3. The molecule has 1 aliphatic heterocycles. The van der Waals surface area contributed by atoms with Gasteiger partial charge in [0.15, 0.2) is 0 Å². The number of aromatic nitrogens is 2. The molecule has 150 valence electrons. The molecule has 2 aromatic heterocycles. The van der Waals surface area contributed by atoms with Gasteiger partial charge < -0.3 is 4.57 Å². The van der Waals surface area contributed by atoms with Gasteiger partial charge in [0.05, 0.1) is 17.6 Å². The maximum absolute atomic E-state index is 14.2. The predicted molar refractivity (Wildman–Crippen MR) is 108 cm³/mol. The van der Waals surface area contributed by atoms with Crippen LogP contribution in [0.15, 0.2) is 60.4 Å². The smallest absolute Gasteiger partial charge is 0.316 e. The van der Waals surface area contributed by atoms with Crippen molar-refractivity contribution in [3.05, 3.63) is 83.2 Å². The second-order valence-corrected chi connectivity index (χ2v) is 6.78. The molecule has 3 heterocycles. The summed E-state index contributed by atoms with van der Waals surface area (Å²) in [7, 11) is 0. The van der Waals surface area contributed by atoms with Gasteiger partial charge in [-0.1, -0.05) is 12.1 Å². The minimum atomic E-state index is -0.993. The number of aryl methyl sites for hydroxylation is 1. The highest BCUT2D eigenvalue weighted by atomic mass is 19.1. The van der Waals surface area contributed by atoms with Crippen LogP contribution in [0.5, 0.6) is 0 Å². The molecule has 0 bridgehead atoms. The molecule has 1 aliphatic rings. The van der Waals surface area contributed by atoms with E-state index in [0.717, 1.165) is 23.1 Å². The van der Waals surface area contributed by atoms with Gasteiger partial charge in [0.25, 0.3) is 11.8 Å². The summed E-state index contributed by atoms with van der Waals surface area (Å²) in [5, 5.41) is 2.10. The third-order valence-electron chi connectivity index (χ3n) is 4.87. The molecular formula is C22H17FN4O3. The number of rotatable bonds is 3. The standard InChI is InChI=1S/C22H17FN4O3/c1-13-10-15(14(2)26(13)16-6-5-9-24-12-16)11-17-20(28)25-22(30)27(21(17)29)19-8-4-3-7-18(19)23/h3-12H,1-2H3,(H,25,28,30). The van der Waals surface area contributed by atoms with Gasteiger partial charge >= 0.3 is 6.03 Å². The van der Waals surface area contributed by atoms with Gasteiger partial charge in [0.1, 0.15) is 11.4 Å². The minimum Gasteiger partial charge on any atom is -0.316 e. The maximum Gasteiger partial charge on any atom is 0.336 e. The lowest BCUT2D eigenvalue weighted by Crippen LogP contribution is -2.54. The number of carbonyl (C=O) groups excluding carboxylic acids is 3. The summed E-state index contributed by atoms with van der Waals surface area (Å²) >= 11 is 0. The monoisotopic (exact) mass is 404 g/mol. The van der Waals surface area contributed by atoms with Crippen LogP contribution in [-0.4, -0.2) is 27.4 Å². The van der Waals surface area contributed by atoms with Crippen LogP contribution in [0.25, 0.3) is 11.8 Å². The van der Waals surface area contributed by atoms with Crippen LogP contribution in [0.1, 0.15) is 17.0 Å². The number of benzene rings is 1. The van der Waals surface area contributed by atoms with Gasteiger partial charge in [-0.05, 0) is 55.8 Å². The molecule has 0 unspecified atom stereocenters. The number of hydrogen-bond acceptors (Lipinski definition) is 4. The largest absolute Gasteiger partial charge is 0.336 e. The molecule has 1 fully saturated rings. The fourth-order valence-electron chi connectivity index (χ4n) is 3.48. The molecule has 1 aromatic carbocycles. The summed E-state index contributed by atoms with van der Waals surface area (Å²) in [5.74, 6) is -2.46. The number of amides is 4. The minimum absolute atomic E-state index is 0.223. The van der Waals surface area contributed by atoms with E-state index in [2.05, 4.69) is 10.3 Å². The summed E-state index contributed by atoms with van der Waals surface area (Å²) in [6.07, 6.45) is 4.78. The number of pyridine rings is 1. The number of para-hydroxylation sites is 1. The zero-order chi connectivity index (χ0) is 21.4. The van der Waals surface area contributed by atoms with E-state index in [4.69, 9.17) is 0 Å². The number of barbiturate groups is 1. The molecule has 0 radical (unpaired) electrons. The highest BCUT2D eigenvalue weighted by Crippen LogP contribution is 2.27. The normalized spacial score (nSPS) is 15.6. The van der Waals surface area contributed by atoms with E-state index in [1.807, 2.05) is 36.6 Å². The average molecular weight is 404 g/mol. The van der Waals surface area contributed by atoms with Crippen LogP contribution >= 0.6 is 0 Å². The summed E-state index contributed by atoms with van der Waals surface area (Å²) in [6, 6.07) is 9.91. The Morgan fingerprint density at radius 3 is 2.53 bits per heavy atom. The SMILES string of the molecule is Cc1cc(C=C2C(=O)NC(=O)N(c3ccccc3F)C2=O)c(C)n1-c1cccnc1. The van der Waals surface area contributed by atoms with Crippen molar-refractivity contribution >= 4 is 29.6 Å². The summed E-state index contributed by atoms with van der Waals surface area (Å²) in [6.45, 7) is 3.73. The summed E-state index contributed by atoms with van der Waals surface area (Å²) in [4.78, 5) is 42.4. The van der Waals surface area contributed by atoms with Gasteiger partial charge in [-0.25, -0.2) is 14.1 Å². The maximum atomic E-state index is 14.2. The Bertz CT molecular complexity index is 1210. The van der Waals surface area contributed by atoms with Crippen molar-refractivity contribution < 1.29 is 18.8 Å². The molecule has 30 heavy (non-hydrogen) atoms. The van der Waals surface area contributed by atoms with Crippen molar-refractivity contribution in [1.82, 2.24) is 14.9 Å². The number of hydrogen-bond donors (Lipinski definition) is 1. The van der Waals surface area contributed by atoms with E-state index < -0.39 is 23.7 Å². The molecule has 1 saturated heterocycles. The molecule has 7 nitrogen and oxygen atoms in total. The van der Waals surface area contributed by atoms with Gasteiger partial charge in [-0.15, -0.1) is 0 Å². The fraction of sp³-hybridized carbons (Fsp3) is 0.0909. The Labute approximate surface area is 171 Å². The summed E-state index contributed by atoms with van der Waals surface area (Å²) < 4.78 is 16.1. The van der Waals surface area contributed by atoms with Gasteiger partial charge in [-0.2, -0.15) is 0 Å². The molecule has 4 amide bonds. The Kier molecular flexibility index (Phi) is 4.75. The summed E-state index contributed by atoms with van der Waals surface area (Å²) in [5.41, 5.74) is 2.63. The Balaban J connectivity index is 1.78. The van der Waals surface area contributed by atoms with Crippen LogP contribution in [0, 0.1) is 19.7 Å². The third-order valence-corrected chi connectivity index (χ3v) is 4.87. The van der Waals surface area contributed by atoms with Crippen molar-refractivity contribution in [3.63, 3.8) is 0 Å². The van der Waals surface area contributed by atoms with Crippen molar-refractivity contribution in [2.24, 2.45) is 0 Å². The molecule has 0 aliphatic carbocycles. The molecule has 0 spiro atoms. The van der Waals surface area contributed by atoms with E-state index in [0.29, 0.717) is 10.5 Å². The van der Waals surface area contributed by atoms with Gasteiger partial charge in [-0.3, -0.25) is 19.9 Å². The van der Waals surface area contributed by atoms with E-state index in [1.54, 1.807) is 12.4 Å². The van der Waals surface area contributed by atoms with Crippen LogP contribution in [0.2, 0.25) is 0 Å². The number of nitrogens with one attached hydrogen (secondary N) is 1. The molecule has 3 aromatic rings. The zero-order valence-corrected chi connectivity index (χ0v) is 16.2. The topological polar surface area (TPSA) is 84.3 Å². The van der Waals surface area contributed by atoms with Crippen LogP contribution in [0.4, 0.5) is 14.9 Å². The molecule has 0 saturated carbocycles. The molecule has 1 N–H and O–H groups in total. The highest BCUT2D eigenvalue weighted by Gasteiger charge is 2.38. The lowest BCUT2D eigenvalue weighted by Gasteiger charge is -2.26. The van der Waals surface area contributed by atoms with Gasteiger partial charge in [0.2, 0.25) is 0 Å². The van der Waals surface area contributed by atoms with Crippen molar-refractivity contribution in [3.8, 4) is 5.69 Å². The lowest BCUT2D eigenvalue weighted by atomic mass is 10.1. The second-order valence-electron chi connectivity index (χ2n) is 6.78. The Hall–Kier alpha value is -4.07. The van der Waals surface area contributed by atoms with E-state index in [-0.39, 0.29) is 11.3 Å². The molecular weight excluding hydrogens is 387 g/mol. The van der Waals surface area contributed by atoms with E-state index in [9.17, 15) is 18.8 Å². The van der Waals surface area contributed by atoms with E-state index >= 15 is 0 Å². The lowest BCUT2D eigenvalue weighted by molar-refractivity contribution is -0.122. The Morgan fingerprint density at radius 2 is 1.83 bits per heavy atom. The fourth-order valence-corrected chi connectivity index (χ4v) is 3.48. The van der Waals surface area contributed by atoms with Crippen LogP contribution < -0.4 is 10.2 Å². The van der Waals surface area contributed by atoms with Crippen molar-refractivity contribution in [2.45, 2.75) is 13.8 Å². The number of imide groups is 2. The van der Waals surface area contributed by atoms with Crippen molar-refractivity contribution in [2.75, 3.05) is 4.90 Å². The quantitative estimate of drug-likeness (QED) is 0.536. The molecule has 0 atom stereocenters. The zero-order valence-electron chi connectivity index (χ0n) is 16.2. The first kappa shape index (κ1) is 19.3. The molecule has 8 heteroatoms. The number of urea groups is 1. The Morgan fingerprint density at radius 1 is 1.07 bits per heavy atom. The first-order valence-corrected chi connectivity index (χ1v) is 9.14. The highest BCUT2D eigenvalue weighted by molar-refractivity contribution is 6.39. The number of halogens is 1. The van der Waals surface area contributed by atoms with E-state index in [1.165, 1.54) is 24.3 Å². The first-order chi connectivity index (χ1) is 14.4. The van der Waals surface area contributed by atoms with Crippen LogP contribution in [-0.2, 0) is 9.59 Å². The predicted octanol–water partition coefficient (Wildman–Crippen LogP) is 3.29. The average Bonchev–Trinajstić information content (AvgIpc) is 3.00. The van der Waals surface area contributed by atoms with Crippen LogP contribution in [0.3, 0.4) is 0 Å². The third kappa shape index (κ3) is 3.18. The second kappa shape index (κ2) is 7.40.